The van der Waals surface area contributed by atoms with Crippen molar-refractivity contribution in [3.05, 3.63) is 0 Å². The second-order valence-electron chi connectivity index (χ2n) is 5.27. The Bertz CT molecular complexity index is 213. The van der Waals surface area contributed by atoms with E-state index in [9.17, 15) is 4.39 Å². The molecule has 2 atom stereocenters. The zero-order valence-corrected chi connectivity index (χ0v) is 10.8. The molecule has 1 unspecified atom stereocenters. The van der Waals surface area contributed by atoms with Gasteiger partial charge in [0.25, 0.3) is 0 Å². The molecule has 0 aromatic rings. The molecule has 0 aromatic carbocycles. The summed E-state index contributed by atoms with van der Waals surface area (Å²) in [5, 5.41) is 6.96. The van der Waals surface area contributed by atoms with E-state index in [4.69, 9.17) is 0 Å². The summed E-state index contributed by atoms with van der Waals surface area (Å²) in [6, 6.07) is 0. The van der Waals surface area contributed by atoms with E-state index in [0.717, 1.165) is 52.4 Å². The number of nitrogens with one attached hydrogen (secondary N) is 2. The molecule has 17 heavy (non-hydrogen) atoms. The third-order valence-electron chi connectivity index (χ3n) is 3.70. The summed E-state index contributed by atoms with van der Waals surface area (Å²) in [7, 11) is 0. The lowest BCUT2D eigenvalue weighted by Crippen LogP contribution is -2.61. The molecule has 2 fully saturated rings. The molecule has 2 N–H and O–H groups in total. The minimum absolute atomic E-state index is 0.177. The predicted octanol–water partition coefficient (Wildman–Crippen LogP) is -0.271. The van der Waals surface area contributed by atoms with E-state index in [2.05, 4.69) is 20.4 Å². The molecule has 0 spiro atoms. The third-order valence-corrected chi connectivity index (χ3v) is 3.70. The number of halogens is 1. The van der Waals surface area contributed by atoms with Crippen molar-refractivity contribution >= 4 is 0 Å². The minimum atomic E-state index is -0.200. The van der Waals surface area contributed by atoms with E-state index in [1.807, 2.05) is 6.92 Å². The fourth-order valence-corrected chi connectivity index (χ4v) is 2.64. The molecule has 0 aliphatic carbocycles. The van der Waals surface area contributed by atoms with Gasteiger partial charge in [-0.05, 0) is 5.92 Å². The molecule has 4 nitrogen and oxygen atoms in total. The van der Waals surface area contributed by atoms with Crippen LogP contribution in [0.4, 0.5) is 4.39 Å². The van der Waals surface area contributed by atoms with Crippen LogP contribution in [0.3, 0.4) is 0 Å². The number of alkyl halides is 1. The van der Waals surface area contributed by atoms with Crippen LogP contribution in [0.5, 0.6) is 0 Å². The van der Waals surface area contributed by atoms with Crippen molar-refractivity contribution < 1.29 is 4.39 Å². The maximum Gasteiger partial charge on any atom is 0.0932 e. The molecule has 2 saturated heterocycles. The van der Waals surface area contributed by atoms with Gasteiger partial charge in [0.15, 0.2) is 0 Å². The van der Waals surface area contributed by atoms with Crippen LogP contribution in [-0.4, -0.2) is 75.0 Å². The van der Waals surface area contributed by atoms with Crippen LogP contribution in [0.2, 0.25) is 0 Å². The van der Waals surface area contributed by atoms with Crippen LogP contribution in [0, 0.1) is 5.92 Å². The predicted molar refractivity (Wildman–Crippen MR) is 67.8 cm³/mol. The van der Waals surface area contributed by atoms with Crippen molar-refractivity contribution in [3.8, 4) is 0 Å². The molecule has 2 aliphatic heterocycles. The van der Waals surface area contributed by atoms with E-state index in [0.29, 0.717) is 6.17 Å². The number of piperazine rings is 2. The molecule has 0 saturated carbocycles. The minimum Gasteiger partial charge on any atom is -0.313 e. The third kappa shape index (κ3) is 3.88. The number of hydrogen-bond donors (Lipinski definition) is 2. The van der Waals surface area contributed by atoms with Crippen molar-refractivity contribution in [2.45, 2.75) is 13.1 Å². The Hall–Kier alpha value is -0.230. The Morgan fingerprint density at radius 3 is 2.59 bits per heavy atom. The Kier molecular flexibility index (Phi) is 5.16. The first-order valence-corrected chi connectivity index (χ1v) is 6.76. The van der Waals surface area contributed by atoms with Crippen LogP contribution in [0.15, 0.2) is 0 Å². The van der Waals surface area contributed by atoms with Crippen LogP contribution < -0.4 is 10.6 Å². The van der Waals surface area contributed by atoms with Gasteiger partial charge in [0, 0.05) is 52.4 Å². The first-order chi connectivity index (χ1) is 8.29. The second kappa shape index (κ2) is 6.64. The highest BCUT2D eigenvalue weighted by Gasteiger charge is 2.25. The summed E-state index contributed by atoms with van der Waals surface area (Å²) in [5.74, 6) is 0.177. The Labute approximate surface area is 104 Å². The lowest BCUT2D eigenvalue weighted by atomic mass is 10.1. The summed E-state index contributed by atoms with van der Waals surface area (Å²) >= 11 is 0. The molecule has 2 rings (SSSR count). The largest absolute Gasteiger partial charge is 0.313 e. The Morgan fingerprint density at radius 1 is 1.24 bits per heavy atom. The second-order valence-corrected chi connectivity index (χ2v) is 5.27. The van der Waals surface area contributed by atoms with Gasteiger partial charge in [-0.1, -0.05) is 6.92 Å². The van der Waals surface area contributed by atoms with Gasteiger partial charge in [-0.25, -0.2) is 0 Å². The number of rotatable bonds is 4. The van der Waals surface area contributed by atoms with Crippen LogP contribution in [0.25, 0.3) is 0 Å². The molecule has 2 aliphatic rings. The van der Waals surface area contributed by atoms with Gasteiger partial charge in [0.05, 0.1) is 12.8 Å². The van der Waals surface area contributed by atoms with Crippen molar-refractivity contribution in [3.63, 3.8) is 0 Å². The zero-order valence-electron chi connectivity index (χ0n) is 10.8. The molecule has 0 amide bonds. The lowest BCUT2D eigenvalue weighted by molar-refractivity contribution is 0.0659. The van der Waals surface area contributed by atoms with Gasteiger partial charge in [0.2, 0.25) is 0 Å². The Morgan fingerprint density at radius 2 is 2.00 bits per heavy atom. The maximum atomic E-state index is 12.5. The first-order valence-electron chi connectivity index (χ1n) is 6.76. The van der Waals surface area contributed by atoms with Gasteiger partial charge in [0.1, 0.15) is 0 Å². The topological polar surface area (TPSA) is 30.5 Å². The SMILES string of the molecule is CC(CF)CN1CCN([C@H]2CNCCN2)CC1. The molecule has 2 heterocycles. The van der Waals surface area contributed by atoms with Gasteiger partial charge in [-0.15, -0.1) is 0 Å². The average molecular weight is 244 g/mol. The number of hydrogen-bond acceptors (Lipinski definition) is 4. The summed E-state index contributed by atoms with van der Waals surface area (Å²) in [4.78, 5) is 4.89. The summed E-state index contributed by atoms with van der Waals surface area (Å²) in [6.07, 6.45) is 0.490. The van der Waals surface area contributed by atoms with E-state index >= 15 is 0 Å². The normalized spacial score (nSPS) is 30.4. The summed E-state index contributed by atoms with van der Waals surface area (Å²) in [5.41, 5.74) is 0. The maximum absolute atomic E-state index is 12.5. The fraction of sp³-hybridized carbons (Fsp3) is 1.00. The Balaban J connectivity index is 1.70. The van der Waals surface area contributed by atoms with Crippen LogP contribution >= 0.6 is 0 Å². The molecule has 0 aromatic heterocycles. The van der Waals surface area contributed by atoms with Gasteiger partial charge >= 0.3 is 0 Å². The molecule has 0 radical (unpaired) electrons. The first kappa shape index (κ1) is 13.2. The van der Waals surface area contributed by atoms with E-state index in [1.54, 1.807) is 0 Å². The smallest absolute Gasteiger partial charge is 0.0932 e. The molecule has 100 valence electrons. The highest BCUT2D eigenvalue weighted by Crippen LogP contribution is 2.08. The lowest BCUT2D eigenvalue weighted by Gasteiger charge is -2.41. The van der Waals surface area contributed by atoms with Crippen LogP contribution in [-0.2, 0) is 0 Å². The van der Waals surface area contributed by atoms with Crippen molar-refractivity contribution in [2.75, 3.05) is 59.0 Å². The van der Waals surface area contributed by atoms with Crippen molar-refractivity contribution in [1.82, 2.24) is 20.4 Å². The van der Waals surface area contributed by atoms with Crippen LogP contribution in [0.1, 0.15) is 6.92 Å². The summed E-state index contributed by atoms with van der Waals surface area (Å²) < 4.78 is 12.5. The van der Waals surface area contributed by atoms with E-state index < -0.39 is 0 Å². The zero-order chi connectivity index (χ0) is 12.1. The summed E-state index contributed by atoms with van der Waals surface area (Å²) in [6.45, 7) is 10.2. The van der Waals surface area contributed by atoms with E-state index in [-0.39, 0.29) is 12.6 Å². The van der Waals surface area contributed by atoms with Crippen molar-refractivity contribution in [2.24, 2.45) is 5.92 Å². The van der Waals surface area contributed by atoms with Gasteiger partial charge in [-0.2, -0.15) is 0 Å². The van der Waals surface area contributed by atoms with Gasteiger partial charge < -0.3 is 10.2 Å². The monoisotopic (exact) mass is 244 g/mol. The standard InChI is InChI=1S/C12H25FN4/c1-11(8-13)10-16-4-6-17(7-5-16)12-9-14-2-3-15-12/h11-12,14-15H,2-10H2,1H3/t11?,12-/m0/s1. The van der Waals surface area contributed by atoms with E-state index in [1.165, 1.54) is 0 Å². The fourth-order valence-electron chi connectivity index (χ4n) is 2.64. The molecule has 5 heteroatoms. The average Bonchev–Trinajstić information content (AvgIpc) is 2.40. The highest BCUT2D eigenvalue weighted by atomic mass is 19.1. The van der Waals surface area contributed by atoms with Crippen molar-refractivity contribution in [1.29, 1.82) is 0 Å². The molecular weight excluding hydrogens is 219 g/mol. The van der Waals surface area contributed by atoms with Gasteiger partial charge in [-0.3, -0.25) is 14.6 Å². The number of nitrogens with zero attached hydrogens (tertiary/aromatic N) is 2. The highest BCUT2D eigenvalue weighted by molar-refractivity contribution is 4.81. The molecular formula is C12H25FN4. The molecule has 0 bridgehead atoms. The quantitative estimate of drug-likeness (QED) is 0.713.